The van der Waals surface area contributed by atoms with Crippen molar-refractivity contribution in [3.05, 3.63) is 96.8 Å². The monoisotopic (exact) mass is 563 g/mol. The van der Waals surface area contributed by atoms with E-state index in [1.54, 1.807) is 30.2 Å². The maximum Gasteiger partial charge on any atom is 0.290 e. The Bertz CT molecular complexity index is 1590. The number of carbonyl (C=O) groups is 1. The number of hydrogen-bond donors (Lipinski definition) is 1. The summed E-state index contributed by atoms with van der Waals surface area (Å²) >= 11 is 3.38. The van der Waals surface area contributed by atoms with Crippen molar-refractivity contribution in [2.24, 2.45) is 0 Å². The molecule has 0 saturated heterocycles. The summed E-state index contributed by atoms with van der Waals surface area (Å²) in [5.74, 6) is 0.620. The molecule has 1 aliphatic heterocycles. The average Bonchev–Trinajstić information content (AvgIpc) is 3.15. The Morgan fingerprint density at radius 3 is 2.43 bits per heavy atom. The number of amides is 1. The fraction of sp³-hybridized carbons (Fsp3) is 0.241. The molecule has 0 saturated carbocycles. The van der Waals surface area contributed by atoms with E-state index in [9.17, 15) is 14.7 Å². The Balaban J connectivity index is 1.67. The molecule has 1 aliphatic rings. The van der Waals surface area contributed by atoms with Gasteiger partial charge in [0.2, 0.25) is 5.76 Å². The third-order valence-electron chi connectivity index (χ3n) is 6.80. The van der Waals surface area contributed by atoms with Crippen LogP contribution in [-0.2, 0) is 6.42 Å². The van der Waals surface area contributed by atoms with E-state index in [-0.39, 0.29) is 28.6 Å². The summed E-state index contributed by atoms with van der Waals surface area (Å²) in [5.41, 5.74) is 3.83. The van der Waals surface area contributed by atoms with Gasteiger partial charge in [0.1, 0.15) is 11.3 Å². The van der Waals surface area contributed by atoms with Gasteiger partial charge in [-0.1, -0.05) is 18.2 Å². The first-order valence-corrected chi connectivity index (χ1v) is 12.6. The minimum Gasteiger partial charge on any atom is -0.503 e. The van der Waals surface area contributed by atoms with Gasteiger partial charge in [0.05, 0.1) is 35.7 Å². The number of benzene rings is 3. The number of hydrogen-bond acceptors (Lipinski definition) is 6. The molecule has 1 atom stereocenters. The molecule has 8 heteroatoms. The number of halogens is 1. The number of methoxy groups -OCH3 is 2. The van der Waals surface area contributed by atoms with Crippen LogP contribution in [0.2, 0.25) is 0 Å². The summed E-state index contributed by atoms with van der Waals surface area (Å²) in [4.78, 5) is 29.3. The second kappa shape index (κ2) is 9.59. The number of rotatable bonds is 6. The van der Waals surface area contributed by atoms with Crippen LogP contribution in [0.1, 0.15) is 44.4 Å². The first-order chi connectivity index (χ1) is 17.7. The molecule has 0 aliphatic carbocycles. The number of nitrogens with zero attached hydrogens (tertiary/aromatic N) is 1. The quantitative estimate of drug-likeness (QED) is 0.324. The van der Waals surface area contributed by atoms with E-state index in [1.165, 1.54) is 7.11 Å². The van der Waals surface area contributed by atoms with E-state index in [0.717, 1.165) is 22.4 Å². The van der Waals surface area contributed by atoms with Gasteiger partial charge in [-0.3, -0.25) is 9.59 Å². The molecule has 1 N–H and O–H groups in total. The molecule has 5 rings (SSSR count). The standard InChI is InChI=1S/C29H26BrNO6/c1-15-11-16(2)23-21(12-15)37-28-24(27(23)33)25(18-13-20(30)26(32)22(14-18)36-4)31(29(28)34)10-9-17-5-7-19(35-3)8-6-17/h5-8,11-14,25,32H,9-10H2,1-4H3. The van der Waals surface area contributed by atoms with Crippen LogP contribution in [0, 0.1) is 13.8 Å². The van der Waals surface area contributed by atoms with Crippen molar-refractivity contribution in [1.82, 2.24) is 4.90 Å². The Morgan fingerprint density at radius 1 is 1.03 bits per heavy atom. The van der Waals surface area contributed by atoms with Gasteiger partial charge in [-0.05, 0) is 88.8 Å². The molecule has 1 aromatic heterocycles. The van der Waals surface area contributed by atoms with Crippen LogP contribution in [0.5, 0.6) is 17.2 Å². The van der Waals surface area contributed by atoms with Crippen molar-refractivity contribution in [2.75, 3.05) is 20.8 Å². The molecule has 1 unspecified atom stereocenters. The SMILES string of the molecule is COc1ccc(CCN2C(=O)c3oc4cc(C)cc(C)c4c(=O)c3C2c2cc(Br)c(O)c(OC)c2)cc1. The highest BCUT2D eigenvalue weighted by Gasteiger charge is 2.43. The van der Waals surface area contributed by atoms with Crippen molar-refractivity contribution in [1.29, 1.82) is 0 Å². The lowest BCUT2D eigenvalue weighted by molar-refractivity contribution is 0.0730. The van der Waals surface area contributed by atoms with Gasteiger partial charge in [0.15, 0.2) is 16.9 Å². The first-order valence-electron chi connectivity index (χ1n) is 11.8. The van der Waals surface area contributed by atoms with E-state index < -0.39 is 6.04 Å². The average molecular weight is 564 g/mol. The number of ether oxygens (including phenoxy) is 2. The molecule has 4 aromatic rings. The van der Waals surface area contributed by atoms with Crippen molar-refractivity contribution in [3.8, 4) is 17.2 Å². The number of aromatic hydroxyl groups is 1. The molecule has 1 amide bonds. The van der Waals surface area contributed by atoms with E-state index >= 15 is 0 Å². The van der Waals surface area contributed by atoms with E-state index in [2.05, 4.69) is 15.9 Å². The van der Waals surface area contributed by atoms with Crippen LogP contribution in [0.3, 0.4) is 0 Å². The van der Waals surface area contributed by atoms with Crippen molar-refractivity contribution in [3.63, 3.8) is 0 Å². The fourth-order valence-corrected chi connectivity index (χ4v) is 5.50. The van der Waals surface area contributed by atoms with Gasteiger partial charge in [-0.15, -0.1) is 0 Å². The smallest absolute Gasteiger partial charge is 0.290 e. The van der Waals surface area contributed by atoms with E-state index in [1.807, 2.05) is 44.2 Å². The van der Waals surface area contributed by atoms with Crippen LogP contribution in [-0.4, -0.2) is 36.7 Å². The molecule has 2 heterocycles. The number of carbonyl (C=O) groups excluding carboxylic acids is 1. The van der Waals surface area contributed by atoms with Crippen LogP contribution >= 0.6 is 15.9 Å². The molecule has 190 valence electrons. The van der Waals surface area contributed by atoms with Gasteiger partial charge < -0.3 is 23.9 Å². The second-order valence-corrected chi connectivity index (χ2v) is 10.0. The third kappa shape index (κ3) is 4.25. The first kappa shape index (κ1) is 24.9. The largest absolute Gasteiger partial charge is 0.503 e. The lowest BCUT2D eigenvalue weighted by Crippen LogP contribution is -2.31. The molecular weight excluding hydrogens is 538 g/mol. The maximum absolute atomic E-state index is 13.9. The molecule has 7 nitrogen and oxygen atoms in total. The number of phenolic OH excluding ortho intramolecular Hbond substituents is 1. The summed E-state index contributed by atoms with van der Waals surface area (Å²) in [6.45, 7) is 4.13. The van der Waals surface area contributed by atoms with E-state index in [0.29, 0.717) is 39.5 Å². The summed E-state index contributed by atoms with van der Waals surface area (Å²) < 4.78 is 17.1. The molecule has 0 bridgehead atoms. The molecule has 0 spiro atoms. The van der Waals surface area contributed by atoms with Crippen LogP contribution in [0.4, 0.5) is 0 Å². The van der Waals surface area contributed by atoms with Crippen LogP contribution in [0.25, 0.3) is 11.0 Å². The van der Waals surface area contributed by atoms with Gasteiger partial charge in [-0.2, -0.15) is 0 Å². The summed E-state index contributed by atoms with van der Waals surface area (Å²) in [7, 11) is 3.06. The number of fused-ring (bicyclic) bond motifs is 2. The molecule has 3 aromatic carbocycles. The highest BCUT2D eigenvalue weighted by molar-refractivity contribution is 9.10. The molecule has 0 fully saturated rings. The zero-order valence-corrected chi connectivity index (χ0v) is 22.5. The number of phenols is 1. The predicted molar refractivity (Wildman–Crippen MR) is 144 cm³/mol. The van der Waals surface area contributed by atoms with Crippen LogP contribution in [0.15, 0.2) is 62.2 Å². The lowest BCUT2D eigenvalue weighted by Gasteiger charge is -2.26. The highest BCUT2D eigenvalue weighted by atomic mass is 79.9. The Morgan fingerprint density at radius 2 is 1.76 bits per heavy atom. The van der Waals surface area contributed by atoms with Gasteiger partial charge in [0, 0.05) is 6.54 Å². The summed E-state index contributed by atoms with van der Waals surface area (Å²) in [5, 5.41) is 10.9. The van der Waals surface area contributed by atoms with Crippen molar-refractivity contribution >= 4 is 32.8 Å². The van der Waals surface area contributed by atoms with Crippen molar-refractivity contribution < 1.29 is 23.8 Å². The van der Waals surface area contributed by atoms with Crippen molar-refractivity contribution in [2.45, 2.75) is 26.3 Å². The predicted octanol–water partition coefficient (Wildman–Crippen LogP) is 5.68. The Kier molecular flexibility index (Phi) is 6.45. The normalized spacial score (nSPS) is 14.8. The minimum absolute atomic E-state index is 0.0467. The molecular formula is C29H26BrNO6. The second-order valence-electron chi connectivity index (χ2n) is 9.18. The third-order valence-corrected chi connectivity index (χ3v) is 7.40. The maximum atomic E-state index is 13.9. The summed E-state index contributed by atoms with van der Waals surface area (Å²) in [6.07, 6.45) is 0.558. The topological polar surface area (TPSA) is 89.2 Å². The van der Waals surface area contributed by atoms with Crippen LogP contribution < -0.4 is 14.9 Å². The summed E-state index contributed by atoms with van der Waals surface area (Å²) in [6, 6.07) is 14.0. The molecule has 37 heavy (non-hydrogen) atoms. The van der Waals surface area contributed by atoms with Gasteiger partial charge >= 0.3 is 0 Å². The lowest BCUT2D eigenvalue weighted by atomic mass is 9.96. The Hall–Kier alpha value is -3.78. The highest BCUT2D eigenvalue weighted by Crippen LogP contribution is 2.43. The van der Waals surface area contributed by atoms with Gasteiger partial charge in [-0.25, -0.2) is 0 Å². The fourth-order valence-electron chi connectivity index (χ4n) is 5.04. The van der Waals surface area contributed by atoms with E-state index in [4.69, 9.17) is 13.9 Å². The minimum atomic E-state index is -0.715. The zero-order chi connectivity index (χ0) is 26.4. The van der Waals surface area contributed by atoms with Gasteiger partial charge in [0.25, 0.3) is 5.91 Å². The Labute approximate surface area is 222 Å². The number of aryl methyl sites for hydroxylation is 2. The zero-order valence-electron chi connectivity index (χ0n) is 20.9. The molecule has 0 radical (unpaired) electrons.